The number of carbonyl (C=O) groups is 3. The van der Waals surface area contributed by atoms with Crippen molar-refractivity contribution in [2.75, 3.05) is 90.8 Å². The van der Waals surface area contributed by atoms with Crippen LogP contribution in [0.15, 0.2) is 107 Å². The van der Waals surface area contributed by atoms with Gasteiger partial charge < -0.3 is 46.6 Å². The summed E-state index contributed by atoms with van der Waals surface area (Å²) >= 11 is 35.5. The molecule has 0 unspecified atom stereocenters. The molecule has 3 aromatic carbocycles. The summed E-state index contributed by atoms with van der Waals surface area (Å²) in [5.41, 5.74) is 14.4. The number of aromatic nitrogens is 12. The molecule has 3 aliphatic heterocycles. The molecule has 27 nitrogen and oxygen atoms in total. The van der Waals surface area contributed by atoms with Crippen molar-refractivity contribution in [3.8, 4) is 50.8 Å². The maximum atomic E-state index is 16.0. The summed E-state index contributed by atoms with van der Waals surface area (Å²) in [5.74, 6) is -11.9. The zero-order chi connectivity index (χ0) is 96.6. The second-order valence-electron chi connectivity index (χ2n) is 32.5. The minimum Gasteiger partial charge on any atom is -0.397 e. The Bertz CT molecular complexity index is 6310. The minimum atomic E-state index is -1.36. The quantitative estimate of drug-likeness (QED) is 0.0282. The first-order valence-electron chi connectivity index (χ1n) is 41.0. The van der Waals surface area contributed by atoms with Gasteiger partial charge in [-0.25, -0.2) is 82.6 Å². The average molecular weight is 1940 g/mol. The third-order valence-electron chi connectivity index (χ3n) is 23.0. The van der Waals surface area contributed by atoms with Crippen molar-refractivity contribution < 1.29 is 53.9 Å². The Hall–Kier alpha value is -12.5. The SMILES string of the molecule is C=CC(=O)N1CCN(c2nc(=O)n(-c3c(C)ccnc3C(C)C)c3nc(-c4c(N)c(Cl)c(F)c(Cl)c4F)c(F)cc23)[C@@H](C)C1.C=CC(=O)N1CCN(c2nc(=O)n(-c3c(C)ccnc3C(C)C)c3nc(-c4c(N)c(Cl)c(F)c(Cl)c4F)c(F)cc23)[C@@H](C)C1.C=CC(=O)N1CCN(c2nc(=O)n(-c3c(C)ccnc3C(C)C)c3nc(-c4c(N)c(Cl)c(F)c(Cl)c4F)c(F)cc23)[C@@H](C)C1. The first kappa shape index (κ1) is 97.1. The first-order valence-corrected chi connectivity index (χ1v) is 43.3. The standard InChI is InChI=1S/3C30H28Cl2F3N7O2/c3*1-6-18(43)40-9-10-41(15(5)12-40)28-16-11-17(33)26(19-22(34)20(31)23(35)21(32)24(19)36)38-29(16)42(30(44)39-28)27-14(4)7-8-37-25(27)13(2)3/h3*6-8,11,13,15H,1,9-10,12,36H2,2-5H3/t3*15-/m000/s1. The van der Waals surface area contributed by atoms with E-state index in [-0.39, 0.29) is 124 Å². The Morgan fingerprint density at radius 1 is 0.386 bits per heavy atom. The highest BCUT2D eigenvalue weighted by molar-refractivity contribution is 6.39. The molecule has 12 aromatic rings. The van der Waals surface area contributed by atoms with Crippen LogP contribution in [0.5, 0.6) is 0 Å². The van der Waals surface area contributed by atoms with E-state index in [1.165, 1.54) is 31.9 Å². The normalized spacial score (nSPS) is 15.4. The number of halogens is 15. The number of pyridine rings is 6. The Labute approximate surface area is 778 Å². The molecular formula is C90H84Cl6F9N21O6. The molecule has 3 saturated heterocycles. The summed E-state index contributed by atoms with van der Waals surface area (Å²) in [6.45, 7) is 35.3. The van der Waals surface area contributed by atoms with Gasteiger partial charge in [0.25, 0.3) is 0 Å². The van der Waals surface area contributed by atoms with Crippen molar-refractivity contribution in [2.24, 2.45) is 0 Å². The molecule has 3 aliphatic rings. The second-order valence-corrected chi connectivity index (χ2v) is 34.8. The number of nitrogens with two attached hydrogens (primary N) is 3. The number of carbonyl (C=O) groups excluding carboxylic acids is 3. The minimum absolute atomic E-state index is 0.0819. The number of aryl methyl sites for hydroxylation is 3. The lowest BCUT2D eigenvalue weighted by Crippen LogP contribution is -2.54. The zero-order valence-corrected chi connectivity index (χ0v) is 77.3. The number of benzene rings is 3. The van der Waals surface area contributed by atoms with Gasteiger partial charge >= 0.3 is 17.1 Å². The van der Waals surface area contributed by atoms with Gasteiger partial charge in [0, 0.05) is 95.6 Å². The van der Waals surface area contributed by atoms with E-state index < -0.39 is 150 Å². The Balaban J connectivity index is 0.000000168. The summed E-state index contributed by atoms with van der Waals surface area (Å²) in [7, 11) is 0. The molecule has 690 valence electrons. The Kier molecular flexibility index (Phi) is 28.2. The zero-order valence-electron chi connectivity index (χ0n) is 72.8. The summed E-state index contributed by atoms with van der Waals surface area (Å²) in [4.78, 5) is 129. The van der Waals surface area contributed by atoms with Crippen LogP contribution in [0.25, 0.3) is 83.9 Å². The van der Waals surface area contributed by atoms with Gasteiger partial charge in [-0.15, -0.1) is 0 Å². The van der Waals surface area contributed by atoms with E-state index in [9.17, 15) is 41.9 Å². The van der Waals surface area contributed by atoms with Crippen LogP contribution in [0.1, 0.15) is 114 Å². The van der Waals surface area contributed by atoms with Gasteiger partial charge in [-0.3, -0.25) is 29.3 Å². The summed E-state index contributed by atoms with van der Waals surface area (Å²) < 4.78 is 141. The van der Waals surface area contributed by atoms with E-state index in [1.807, 2.05) is 62.3 Å². The highest BCUT2D eigenvalue weighted by Gasteiger charge is 2.39. The molecule has 12 heterocycles. The molecule has 0 saturated carbocycles. The van der Waals surface area contributed by atoms with Crippen LogP contribution in [0.2, 0.25) is 30.1 Å². The van der Waals surface area contributed by atoms with Gasteiger partial charge in [-0.1, -0.05) is 131 Å². The van der Waals surface area contributed by atoms with Crippen LogP contribution in [0.4, 0.5) is 74.0 Å². The number of piperazine rings is 3. The highest BCUT2D eigenvalue weighted by Crippen LogP contribution is 2.47. The van der Waals surface area contributed by atoms with Crippen molar-refractivity contribution in [2.45, 2.75) is 119 Å². The molecule has 42 heteroatoms. The fraction of sp³-hybridized carbons (Fsp3) is 0.300. The van der Waals surface area contributed by atoms with Crippen molar-refractivity contribution in [3.05, 3.63) is 241 Å². The third-order valence-corrected chi connectivity index (χ3v) is 25.1. The number of fused-ring (bicyclic) bond motifs is 3. The van der Waals surface area contributed by atoms with Gasteiger partial charge in [0.2, 0.25) is 17.7 Å². The van der Waals surface area contributed by atoms with Crippen LogP contribution in [0, 0.1) is 73.1 Å². The molecule has 132 heavy (non-hydrogen) atoms. The fourth-order valence-electron chi connectivity index (χ4n) is 16.4. The number of anilines is 6. The number of nitrogens with zero attached hydrogens (tertiary/aromatic N) is 18. The molecule has 3 atom stereocenters. The van der Waals surface area contributed by atoms with Gasteiger partial charge in [0.05, 0.1) is 84.1 Å². The van der Waals surface area contributed by atoms with Crippen molar-refractivity contribution in [3.63, 3.8) is 0 Å². The molecule has 9 aromatic heterocycles. The van der Waals surface area contributed by atoms with Crippen LogP contribution in [0.3, 0.4) is 0 Å². The van der Waals surface area contributed by atoms with Crippen LogP contribution >= 0.6 is 69.6 Å². The van der Waals surface area contributed by atoms with Crippen molar-refractivity contribution in [1.82, 2.24) is 73.3 Å². The lowest BCUT2D eigenvalue weighted by molar-refractivity contribution is -0.127. The molecular weight excluding hydrogens is 1850 g/mol. The fourth-order valence-corrected chi connectivity index (χ4v) is 17.7. The number of amides is 3. The Morgan fingerprint density at radius 2 is 0.621 bits per heavy atom. The maximum absolute atomic E-state index is 16.0. The lowest BCUT2D eigenvalue weighted by Gasteiger charge is -2.40. The van der Waals surface area contributed by atoms with Gasteiger partial charge in [-0.05, 0) is 131 Å². The topological polar surface area (TPSA) is 331 Å². The molecule has 0 aliphatic carbocycles. The van der Waals surface area contributed by atoms with E-state index in [1.54, 1.807) is 87.0 Å². The molecule has 3 amide bonds. The number of hydrogen-bond donors (Lipinski definition) is 3. The van der Waals surface area contributed by atoms with Crippen LogP contribution in [-0.4, -0.2) is 168 Å². The highest BCUT2D eigenvalue weighted by atomic mass is 35.5. The monoisotopic (exact) mass is 1940 g/mol. The van der Waals surface area contributed by atoms with Crippen molar-refractivity contribution >= 4 is 155 Å². The smallest absolute Gasteiger partial charge is 0.355 e. The Morgan fingerprint density at radius 3 is 0.833 bits per heavy atom. The largest absolute Gasteiger partial charge is 0.397 e. The van der Waals surface area contributed by atoms with Crippen LogP contribution in [-0.2, 0) is 14.4 Å². The summed E-state index contributed by atoms with van der Waals surface area (Å²) in [5, 5.41) is -4.70. The average Bonchev–Trinajstić information content (AvgIpc) is 0.735. The predicted octanol–water partition coefficient (Wildman–Crippen LogP) is 17.4. The second kappa shape index (κ2) is 38.4. The van der Waals surface area contributed by atoms with Gasteiger partial charge in [0.15, 0.2) is 69.3 Å². The third kappa shape index (κ3) is 17.4. The molecule has 3 fully saturated rings. The van der Waals surface area contributed by atoms with E-state index in [2.05, 4.69) is 64.6 Å². The van der Waals surface area contributed by atoms with Crippen molar-refractivity contribution in [1.29, 1.82) is 0 Å². The van der Waals surface area contributed by atoms with E-state index in [4.69, 9.17) is 86.8 Å². The molecule has 0 radical (unpaired) electrons. The van der Waals surface area contributed by atoms with E-state index in [0.717, 1.165) is 18.2 Å². The van der Waals surface area contributed by atoms with E-state index in [0.29, 0.717) is 90.1 Å². The predicted molar refractivity (Wildman–Crippen MR) is 495 cm³/mol. The molecule has 0 bridgehead atoms. The number of rotatable bonds is 15. The maximum Gasteiger partial charge on any atom is 0.355 e. The van der Waals surface area contributed by atoms with Gasteiger partial charge in [-0.2, -0.15) is 15.0 Å². The molecule has 15 rings (SSSR count). The first-order chi connectivity index (χ1) is 62.3. The summed E-state index contributed by atoms with van der Waals surface area (Å²) in [6, 6.07) is 7.28. The van der Waals surface area contributed by atoms with E-state index >= 15 is 26.3 Å². The number of hydrogen-bond acceptors (Lipinski definition) is 21. The number of nitrogen functional groups attached to an aromatic ring is 3. The van der Waals surface area contributed by atoms with Gasteiger partial charge in [0.1, 0.15) is 64.7 Å². The molecule has 0 spiro atoms. The lowest BCUT2D eigenvalue weighted by atomic mass is 10.0. The summed E-state index contributed by atoms with van der Waals surface area (Å²) in [6.07, 6.45) is 8.47. The van der Waals surface area contributed by atoms with Crippen LogP contribution < -0.4 is 49.0 Å². The molecule has 6 N–H and O–H groups in total.